The Hall–Kier alpha value is -1.57. The number of carbonyl (C=O) groups is 1. The van der Waals surface area contributed by atoms with Gasteiger partial charge in [0.15, 0.2) is 0 Å². The molecule has 0 bridgehead atoms. The minimum atomic E-state index is 0.0309. The van der Waals surface area contributed by atoms with Crippen LogP contribution in [0, 0.1) is 5.92 Å². The lowest BCUT2D eigenvalue weighted by Gasteiger charge is -2.16. The maximum absolute atomic E-state index is 12.0. The van der Waals surface area contributed by atoms with Gasteiger partial charge in [-0.1, -0.05) is 24.3 Å². The highest BCUT2D eigenvalue weighted by Crippen LogP contribution is 2.40. The van der Waals surface area contributed by atoms with E-state index in [0.29, 0.717) is 6.04 Å². The summed E-state index contributed by atoms with van der Waals surface area (Å²) in [7, 11) is 0. The van der Waals surface area contributed by atoms with E-state index < -0.39 is 0 Å². The fourth-order valence-electron chi connectivity index (χ4n) is 2.72. The van der Waals surface area contributed by atoms with Crippen molar-refractivity contribution in [3.63, 3.8) is 0 Å². The predicted molar refractivity (Wildman–Crippen MR) is 59.7 cm³/mol. The quantitative estimate of drug-likeness (QED) is 0.635. The van der Waals surface area contributed by atoms with Gasteiger partial charge in [0, 0.05) is 11.7 Å². The zero-order valence-electron chi connectivity index (χ0n) is 8.52. The van der Waals surface area contributed by atoms with E-state index in [1.165, 1.54) is 5.56 Å². The summed E-state index contributed by atoms with van der Waals surface area (Å²) in [6, 6.07) is 8.56. The molecule has 15 heavy (non-hydrogen) atoms. The Morgan fingerprint density at radius 3 is 3.00 bits per heavy atom. The number of anilines is 1. The van der Waals surface area contributed by atoms with E-state index in [9.17, 15) is 4.79 Å². The van der Waals surface area contributed by atoms with Crippen LogP contribution >= 0.6 is 0 Å². The van der Waals surface area contributed by atoms with Crippen LogP contribution in [-0.2, 0) is 11.2 Å². The van der Waals surface area contributed by atoms with Crippen LogP contribution in [0.1, 0.15) is 12.0 Å². The minimum absolute atomic E-state index is 0.0309. The molecule has 0 spiro atoms. The zero-order valence-corrected chi connectivity index (χ0v) is 8.52. The number of para-hydroxylation sites is 1. The summed E-state index contributed by atoms with van der Waals surface area (Å²) in [5.41, 5.74) is 2.41. The van der Waals surface area contributed by atoms with Crippen molar-refractivity contribution < 1.29 is 4.79 Å². The minimum Gasteiger partial charge on any atom is -0.308 e. The number of hydrogen-bond acceptors (Lipinski definition) is 1. The first-order valence-electron chi connectivity index (χ1n) is 5.35. The second-order valence-corrected chi connectivity index (χ2v) is 4.27. The van der Waals surface area contributed by atoms with Gasteiger partial charge in [0.05, 0.1) is 5.92 Å². The molecular weight excluding hydrogens is 186 g/mol. The fraction of sp³-hybridized carbons (Fsp3) is 0.308. The summed E-state index contributed by atoms with van der Waals surface area (Å²) in [5.74, 6) is 0.253. The molecule has 1 aromatic carbocycles. The number of fused-ring (bicyclic) bond motifs is 3. The molecule has 0 aromatic heterocycles. The Kier molecular flexibility index (Phi) is 1.72. The number of hydrogen-bond donors (Lipinski definition) is 0. The van der Waals surface area contributed by atoms with Crippen LogP contribution in [0.15, 0.2) is 36.9 Å². The molecule has 2 nitrogen and oxygen atoms in total. The molecule has 1 saturated heterocycles. The van der Waals surface area contributed by atoms with Crippen molar-refractivity contribution in [1.29, 1.82) is 0 Å². The van der Waals surface area contributed by atoms with E-state index in [-0.39, 0.29) is 11.8 Å². The summed E-state index contributed by atoms with van der Waals surface area (Å²) < 4.78 is 0. The van der Waals surface area contributed by atoms with Crippen molar-refractivity contribution in [2.45, 2.75) is 18.9 Å². The van der Waals surface area contributed by atoms with Crippen molar-refractivity contribution in [2.24, 2.45) is 5.92 Å². The van der Waals surface area contributed by atoms with E-state index in [1.54, 1.807) is 6.08 Å². The normalized spacial score (nSPS) is 27.7. The Morgan fingerprint density at radius 2 is 2.20 bits per heavy atom. The Labute approximate surface area is 89.2 Å². The van der Waals surface area contributed by atoms with Gasteiger partial charge in [-0.3, -0.25) is 4.79 Å². The van der Waals surface area contributed by atoms with Crippen molar-refractivity contribution in [1.82, 2.24) is 0 Å². The fourth-order valence-corrected chi connectivity index (χ4v) is 2.72. The Balaban J connectivity index is 2.05. The molecular formula is C13H13NO. The monoisotopic (exact) mass is 199 g/mol. The van der Waals surface area contributed by atoms with Crippen LogP contribution in [0.2, 0.25) is 0 Å². The molecule has 2 aliphatic rings. The number of amides is 1. The molecule has 1 amide bonds. The topological polar surface area (TPSA) is 20.3 Å². The molecule has 1 aromatic rings. The van der Waals surface area contributed by atoms with Gasteiger partial charge < -0.3 is 4.90 Å². The van der Waals surface area contributed by atoms with E-state index in [4.69, 9.17) is 0 Å². The van der Waals surface area contributed by atoms with Crippen LogP contribution in [0.4, 0.5) is 5.69 Å². The maximum atomic E-state index is 12.0. The molecule has 0 aliphatic carbocycles. The number of rotatable bonds is 1. The molecule has 2 aliphatic heterocycles. The van der Waals surface area contributed by atoms with Gasteiger partial charge in [-0.25, -0.2) is 0 Å². The van der Waals surface area contributed by atoms with Gasteiger partial charge in [-0.2, -0.15) is 0 Å². The lowest BCUT2D eigenvalue weighted by molar-refractivity contribution is -0.119. The number of carbonyl (C=O) groups excluding carboxylic acids is 1. The van der Waals surface area contributed by atoms with Gasteiger partial charge >= 0.3 is 0 Å². The highest BCUT2D eigenvalue weighted by Gasteiger charge is 2.43. The third-order valence-corrected chi connectivity index (χ3v) is 3.44. The molecule has 0 saturated carbocycles. The van der Waals surface area contributed by atoms with Crippen molar-refractivity contribution in [3.8, 4) is 0 Å². The van der Waals surface area contributed by atoms with E-state index >= 15 is 0 Å². The zero-order chi connectivity index (χ0) is 10.4. The molecule has 0 unspecified atom stereocenters. The summed E-state index contributed by atoms with van der Waals surface area (Å²) in [6.45, 7) is 3.73. The lowest BCUT2D eigenvalue weighted by Crippen LogP contribution is -2.29. The average molecular weight is 199 g/mol. The Morgan fingerprint density at radius 1 is 1.40 bits per heavy atom. The molecule has 2 atom stereocenters. The number of benzene rings is 1. The highest BCUT2D eigenvalue weighted by atomic mass is 16.2. The van der Waals surface area contributed by atoms with E-state index in [0.717, 1.165) is 18.5 Å². The standard InChI is InChI=1S/C13H13NO/c1-2-9-7-11-8-10-5-3-4-6-12(10)14(11)13(9)15/h2-6,9,11H,1,7-8H2/t9-,11-/m1/s1. The van der Waals surface area contributed by atoms with Crippen molar-refractivity contribution in [3.05, 3.63) is 42.5 Å². The molecule has 0 radical (unpaired) electrons. The van der Waals surface area contributed by atoms with Gasteiger partial charge in [0.25, 0.3) is 0 Å². The van der Waals surface area contributed by atoms with Gasteiger partial charge in [0.2, 0.25) is 5.91 Å². The molecule has 3 rings (SSSR count). The second kappa shape index (κ2) is 2.96. The lowest BCUT2D eigenvalue weighted by atomic mass is 10.0. The van der Waals surface area contributed by atoms with Gasteiger partial charge in [0.1, 0.15) is 0 Å². The highest BCUT2D eigenvalue weighted by molar-refractivity contribution is 6.01. The van der Waals surface area contributed by atoms with Crippen molar-refractivity contribution >= 4 is 11.6 Å². The first-order chi connectivity index (χ1) is 7.31. The van der Waals surface area contributed by atoms with Gasteiger partial charge in [-0.05, 0) is 24.5 Å². The molecule has 76 valence electrons. The van der Waals surface area contributed by atoms with E-state index in [1.807, 2.05) is 23.1 Å². The molecule has 1 fully saturated rings. The predicted octanol–water partition coefficient (Wildman–Crippen LogP) is 2.15. The largest absolute Gasteiger partial charge is 0.308 e. The number of nitrogens with zero attached hydrogens (tertiary/aromatic N) is 1. The van der Waals surface area contributed by atoms with E-state index in [2.05, 4.69) is 12.6 Å². The average Bonchev–Trinajstić information content (AvgIpc) is 2.75. The second-order valence-electron chi connectivity index (χ2n) is 4.27. The summed E-state index contributed by atoms with van der Waals surface area (Å²) in [6.07, 6.45) is 3.71. The van der Waals surface area contributed by atoms with Crippen LogP contribution < -0.4 is 4.90 Å². The van der Waals surface area contributed by atoms with Crippen LogP contribution in [0.5, 0.6) is 0 Å². The van der Waals surface area contributed by atoms with Crippen molar-refractivity contribution in [2.75, 3.05) is 4.90 Å². The van der Waals surface area contributed by atoms with Crippen LogP contribution in [-0.4, -0.2) is 11.9 Å². The Bertz CT molecular complexity index is 438. The summed E-state index contributed by atoms with van der Waals surface area (Å²) >= 11 is 0. The first kappa shape index (κ1) is 8.72. The molecule has 2 heterocycles. The summed E-state index contributed by atoms with van der Waals surface area (Å²) in [4.78, 5) is 14.0. The molecule has 2 heteroatoms. The van der Waals surface area contributed by atoms with Crippen LogP contribution in [0.25, 0.3) is 0 Å². The van der Waals surface area contributed by atoms with Gasteiger partial charge in [-0.15, -0.1) is 6.58 Å². The third kappa shape index (κ3) is 1.08. The first-order valence-corrected chi connectivity index (χ1v) is 5.35. The molecule has 0 N–H and O–H groups in total. The summed E-state index contributed by atoms with van der Waals surface area (Å²) in [5, 5.41) is 0. The maximum Gasteiger partial charge on any atom is 0.234 e. The smallest absolute Gasteiger partial charge is 0.234 e. The third-order valence-electron chi connectivity index (χ3n) is 3.44. The van der Waals surface area contributed by atoms with Crippen LogP contribution in [0.3, 0.4) is 0 Å². The SMILES string of the molecule is C=C[C@@H]1C[C@@H]2Cc3ccccc3N2C1=O.